The van der Waals surface area contributed by atoms with E-state index in [-0.39, 0.29) is 5.82 Å². The molecule has 1 aromatic carbocycles. The van der Waals surface area contributed by atoms with Crippen molar-refractivity contribution in [3.63, 3.8) is 0 Å². The van der Waals surface area contributed by atoms with Gasteiger partial charge in [0.05, 0.1) is 12.3 Å². The number of benzene rings is 1. The number of aliphatic carboxylic acids is 1. The average Bonchev–Trinajstić information content (AvgIpc) is 3.25. The van der Waals surface area contributed by atoms with Crippen LogP contribution in [0.1, 0.15) is 18.4 Å². The van der Waals surface area contributed by atoms with E-state index in [4.69, 9.17) is 9.84 Å². The molecule has 5 heteroatoms. The quantitative estimate of drug-likeness (QED) is 0.591. The molecule has 1 N–H and O–H groups in total. The molecule has 114 valence electrons. The first-order valence-corrected chi connectivity index (χ1v) is 7.06. The highest BCUT2D eigenvalue weighted by atomic mass is 19.1. The highest BCUT2D eigenvalue weighted by molar-refractivity contribution is 5.87. The molecule has 0 radical (unpaired) electrons. The molecule has 0 atom stereocenters. The number of hydrogen-bond acceptors (Lipinski definition) is 3. The molecule has 4 nitrogen and oxygen atoms in total. The summed E-state index contributed by atoms with van der Waals surface area (Å²) in [5.74, 6) is -0.717. The summed E-state index contributed by atoms with van der Waals surface area (Å²) < 4.78 is 19.6. The Morgan fingerprint density at radius 1 is 1.52 bits per heavy atom. The fourth-order valence-corrected chi connectivity index (χ4v) is 2.08. The van der Waals surface area contributed by atoms with Crippen LogP contribution < -0.4 is 4.90 Å². The molecule has 2 rings (SSSR count). The zero-order chi connectivity index (χ0) is 15.2. The predicted molar refractivity (Wildman–Crippen MR) is 79.9 cm³/mol. The lowest BCUT2D eigenvalue weighted by molar-refractivity contribution is -0.131. The molecule has 1 aliphatic rings. The van der Waals surface area contributed by atoms with Gasteiger partial charge in [-0.3, -0.25) is 0 Å². The summed E-state index contributed by atoms with van der Waals surface area (Å²) in [5, 5.41) is 8.69. The lowest BCUT2D eigenvalue weighted by Gasteiger charge is -2.22. The minimum atomic E-state index is -1.05. The van der Waals surface area contributed by atoms with Gasteiger partial charge in [-0.1, -0.05) is 12.1 Å². The molecule has 0 aliphatic heterocycles. The Bertz CT molecular complexity index is 526. The van der Waals surface area contributed by atoms with Crippen molar-refractivity contribution in [3.8, 4) is 0 Å². The molecule has 1 aliphatic carbocycles. The SMILES string of the molecule is CN(CCOCC1CC1)c1c(F)cccc1/C=C/C(=O)O. The summed E-state index contributed by atoms with van der Waals surface area (Å²) in [6.07, 6.45) is 4.90. The van der Waals surface area contributed by atoms with Gasteiger partial charge in [0.15, 0.2) is 0 Å². The zero-order valence-corrected chi connectivity index (χ0v) is 12.1. The van der Waals surface area contributed by atoms with Crippen LogP contribution in [0.15, 0.2) is 24.3 Å². The van der Waals surface area contributed by atoms with Crippen LogP contribution in [0.2, 0.25) is 0 Å². The fraction of sp³-hybridized carbons (Fsp3) is 0.438. The van der Waals surface area contributed by atoms with E-state index in [1.807, 2.05) is 0 Å². The third kappa shape index (κ3) is 4.86. The highest BCUT2D eigenvalue weighted by Gasteiger charge is 2.21. The van der Waals surface area contributed by atoms with Gasteiger partial charge in [-0.2, -0.15) is 0 Å². The zero-order valence-electron chi connectivity index (χ0n) is 12.1. The Balaban J connectivity index is 1.99. The Kier molecular flexibility index (Phi) is 5.33. The van der Waals surface area contributed by atoms with E-state index >= 15 is 0 Å². The Labute approximate surface area is 123 Å². The number of para-hydroxylation sites is 1. The first kappa shape index (κ1) is 15.5. The molecule has 1 aromatic rings. The number of ether oxygens (including phenoxy) is 1. The van der Waals surface area contributed by atoms with E-state index in [9.17, 15) is 9.18 Å². The second-order valence-corrected chi connectivity index (χ2v) is 5.29. The second kappa shape index (κ2) is 7.22. The van der Waals surface area contributed by atoms with E-state index in [1.54, 1.807) is 24.1 Å². The number of likely N-dealkylation sites (N-methyl/N-ethyl adjacent to an activating group) is 1. The van der Waals surface area contributed by atoms with Crippen molar-refractivity contribution >= 4 is 17.7 Å². The molecule has 0 spiro atoms. The molecular formula is C16H20FNO3. The monoisotopic (exact) mass is 293 g/mol. The van der Waals surface area contributed by atoms with Crippen LogP contribution >= 0.6 is 0 Å². The third-order valence-electron chi connectivity index (χ3n) is 3.43. The van der Waals surface area contributed by atoms with Crippen LogP contribution in [-0.2, 0) is 9.53 Å². The number of rotatable bonds is 8. The maximum absolute atomic E-state index is 14.0. The molecule has 0 saturated heterocycles. The Morgan fingerprint density at radius 3 is 2.95 bits per heavy atom. The van der Waals surface area contributed by atoms with Crippen LogP contribution in [0, 0.1) is 11.7 Å². The van der Waals surface area contributed by atoms with Gasteiger partial charge in [0.25, 0.3) is 0 Å². The van der Waals surface area contributed by atoms with E-state index in [2.05, 4.69) is 0 Å². The highest BCUT2D eigenvalue weighted by Crippen LogP contribution is 2.29. The first-order valence-electron chi connectivity index (χ1n) is 7.06. The van der Waals surface area contributed by atoms with E-state index in [1.165, 1.54) is 25.0 Å². The molecule has 0 aromatic heterocycles. The predicted octanol–water partition coefficient (Wildman–Crippen LogP) is 2.79. The molecule has 0 amide bonds. The number of nitrogens with zero attached hydrogens (tertiary/aromatic N) is 1. The minimum Gasteiger partial charge on any atom is -0.478 e. The summed E-state index contributed by atoms with van der Waals surface area (Å²) in [6, 6.07) is 4.63. The second-order valence-electron chi connectivity index (χ2n) is 5.29. The number of halogens is 1. The summed E-state index contributed by atoms with van der Waals surface area (Å²) in [5.41, 5.74) is 0.937. The van der Waals surface area contributed by atoms with Crippen molar-refractivity contribution < 1.29 is 19.0 Å². The van der Waals surface area contributed by atoms with Crippen LogP contribution in [-0.4, -0.2) is 37.9 Å². The van der Waals surface area contributed by atoms with Gasteiger partial charge < -0.3 is 14.7 Å². The first-order chi connectivity index (χ1) is 10.1. The normalized spacial score (nSPS) is 14.6. The van der Waals surface area contributed by atoms with Crippen molar-refractivity contribution in [1.29, 1.82) is 0 Å². The molecule has 1 saturated carbocycles. The van der Waals surface area contributed by atoms with Gasteiger partial charge in [-0.05, 0) is 30.9 Å². The minimum absolute atomic E-state index is 0.368. The molecular weight excluding hydrogens is 273 g/mol. The van der Waals surface area contributed by atoms with Gasteiger partial charge in [0.2, 0.25) is 0 Å². The third-order valence-corrected chi connectivity index (χ3v) is 3.43. The van der Waals surface area contributed by atoms with Crippen molar-refractivity contribution in [1.82, 2.24) is 0 Å². The van der Waals surface area contributed by atoms with E-state index in [0.29, 0.717) is 30.3 Å². The maximum atomic E-state index is 14.0. The van der Waals surface area contributed by atoms with E-state index < -0.39 is 5.97 Å². The maximum Gasteiger partial charge on any atom is 0.328 e. The lowest BCUT2D eigenvalue weighted by Crippen LogP contribution is -2.24. The summed E-state index contributed by atoms with van der Waals surface area (Å²) in [6.45, 7) is 1.86. The number of carbonyl (C=O) groups is 1. The van der Waals surface area contributed by atoms with Crippen molar-refractivity contribution in [2.24, 2.45) is 5.92 Å². The molecule has 0 heterocycles. The molecule has 0 unspecified atom stereocenters. The average molecular weight is 293 g/mol. The van der Waals surface area contributed by atoms with Crippen LogP contribution in [0.3, 0.4) is 0 Å². The topological polar surface area (TPSA) is 49.8 Å². The van der Waals surface area contributed by atoms with Gasteiger partial charge in [0.1, 0.15) is 5.82 Å². The van der Waals surface area contributed by atoms with Crippen LogP contribution in [0.5, 0.6) is 0 Å². The van der Waals surface area contributed by atoms with Crippen molar-refractivity contribution in [2.75, 3.05) is 31.7 Å². The van der Waals surface area contributed by atoms with Gasteiger partial charge in [-0.25, -0.2) is 9.18 Å². The van der Waals surface area contributed by atoms with Crippen LogP contribution in [0.25, 0.3) is 6.08 Å². The Hall–Kier alpha value is -1.88. The number of anilines is 1. The van der Waals surface area contributed by atoms with Crippen molar-refractivity contribution in [3.05, 3.63) is 35.7 Å². The Morgan fingerprint density at radius 2 is 2.29 bits per heavy atom. The largest absolute Gasteiger partial charge is 0.478 e. The summed E-state index contributed by atoms with van der Waals surface area (Å²) in [4.78, 5) is 12.4. The van der Waals surface area contributed by atoms with Crippen molar-refractivity contribution in [2.45, 2.75) is 12.8 Å². The van der Waals surface area contributed by atoms with Gasteiger partial charge >= 0.3 is 5.97 Å². The number of carboxylic acid groups (broad SMARTS) is 1. The molecule has 21 heavy (non-hydrogen) atoms. The smallest absolute Gasteiger partial charge is 0.328 e. The molecule has 0 bridgehead atoms. The van der Waals surface area contributed by atoms with E-state index in [0.717, 1.165) is 12.7 Å². The fourth-order valence-electron chi connectivity index (χ4n) is 2.08. The summed E-state index contributed by atoms with van der Waals surface area (Å²) >= 11 is 0. The molecule has 1 fully saturated rings. The number of hydrogen-bond donors (Lipinski definition) is 1. The summed E-state index contributed by atoms with van der Waals surface area (Å²) in [7, 11) is 1.77. The standard InChI is InChI=1S/C16H20FNO3/c1-18(9-10-21-11-12-5-6-12)16-13(7-8-15(19)20)3-2-4-14(16)17/h2-4,7-8,12H,5-6,9-11H2,1H3,(H,19,20)/b8-7+. The van der Waals surface area contributed by atoms with Gasteiger partial charge in [0, 0.05) is 31.8 Å². The lowest BCUT2D eigenvalue weighted by atomic mass is 10.1. The van der Waals surface area contributed by atoms with Gasteiger partial charge in [-0.15, -0.1) is 0 Å². The number of carboxylic acids is 1. The van der Waals surface area contributed by atoms with Crippen LogP contribution in [0.4, 0.5) is 10.1 Å².